The second-order valence-corrected chi connectivity index (χ2v) is 7.76. The van der Waals surface area contributed by atoms with Crippen LogP contribution in [0.2, 0.25) is 0 Å². The molecule has 1 aromatic carbocycles. The molecule has 1 saturated heterocycles. The number of amides is 1. The van der Waals surface area contributed by atoms with Crippen molar-refractivity contribution in [1.29, 1.82) is 0 Å². The molecule has 1 amide bonds. The summed E-state index contributed by atoms with van der Waals surface area (Å²) in [5.74, 6) is -0.0613. The van der Waals surface area contributed by atoms with Gasteiger partial charge in [0.15, 0.2) is 0 Å². The van der Waals surface area contributed by atoms with Gasteiger partial charge in [-0.15, -0.1) is 24.8 Å². The van der Waals surface area contributed by atoms with Crippen LogP contribution in [0, 0.1) is 12.3 Å². The van der Waals surface area contributed by atoms with Gasteiger partial charge in [-0.2, -0.15) is 0 Å². The van der Waals surface area contributed by atoms with Crippen molar-refractivity contribution in [2.45, 2.75) is 52.6 Å². The summed E-state index contributed by atoms with van der Waals surface area (Å²) < 4.78 is 0. The first-order valence-corrected chi connectivity index (χ1v) is 8.63. The number of rotatable bonds is 5. The van der Waals surface area contributed by atoms with Gasteiger partial charge in [0.1, 0.15) is 0 Å². The van der Waals surface area contributed by atoms with E-state index in [-0.39, 0.29) is 42.2 Å². The van der Waals surface area contributed by atoms with Crippen molar-refractivity contribution in [3.63, 3.8) is 0 Å². The van der Waals surface area contributed by atoms with E-state index < -0.39 is 6.04 Å². The number of nitrogens with zero attached hydrogens (tertiary/aromatic N) is 1. The molecule has 0 radical (unpaired) electrons. The van der Waals surface area contributed by atoms with Crippen molar-refractivity contribution in [3.8, 4) is 0 Å². The molecular weight excluding hydrogens is 357 g/mol. The van der Waals surface area contributed by atoms with Crippen LogP contribution in [0.15, 0.2) is 24.3 Å². The Morgan fingerprint density at radius 3 is 2.16 bits per heavy atom. The standard InChI is InChI=1S/C19H31N3O.2ClH/c1-14-7-9-15(10-8-14)16(22-11-5-6-12-22)13-21-18(23)17(20)19(2,3)4;;/h7-10,16-17H,5-6,11-13,20H2,1-4H3,(H,21,23);2*1H/t16?,17-;;/m1../s1. The maximum Gasteiger partial charge on any atom is 0.237 e. The van der Waals surface area contributed by atoms with Gasteiger partial charge in [-0.05, 0) is 43.8 Å². The molecule has 0 spiro atoms. The number of likely N-dealkylation sites (tertiary alicyclic amines) is 1. The zero-order valence-electron chi connectivity index (χ0n) is 15.7. The fourth-order valence-electron chi connectivity index (χ4n) is 3.00. The minimum Gasteiger partial charge on any atom is -0.353 e. The molecular formula is C19H33Cl2N3O. The Morgan fingerprint density at radius 2 is 1.68 bits per heavy atom. The first-order valence-electron chi connectivity index (χ1n) is 8.63. The van der Waals surface area contributed by atoms with Crippen LogP contribution < -0.4 is 11.1 Å². The third-order valence-electron chi connectivity index (χ3n) is 4.73. The van der Waals surface area contributed by atoms with Gasteiger partial charge >= 0.3 is 0 Å². The molecule has 0 bridgehead atoms. The summed E-state index contributed by atoms with van der Waals surface area (Å²) in [6.07, 6.45) is 2.47. The second-order valence-electron chi connectivity index (χ2n) is 7.76. The van der Waals surface area contributed by atoms with Crippen LogP contribution in [-0.2, 0) is 4.79 Å². The number of carbonyl (C=O) groups excluding carboxylic acids is 1. The maximum absolute atomic E-state index is 12.3. The quantitative estimate of drug-likeness (QED) is 0.810. The van der Waals surface area contributed by atoms with Crippen LogP contribution in [-0.4, -0.2) is 36.5 Å². The van der Waals surface area contributed by atoms with Gasteiger partial charge in [0.25, 0.3) is 0 Å². The van der Waals surface area contributed by atoms with Crippen molar-refractivity contribution in [3.05, 3.63) is 35.4 Å². The van der Waals surface area contributed by atoms with E-state index in [2.05, 4.69) is 41.4 Å². The molecule has 1 heterocycles. The Morgan fingerprint density at radius 1 is 1.16 bits per heavy atom. The van der Waals surface area contributed by atoms with E-state index in [4.69, 9.17) is 5.73 Å². The Labute approximate surface area is 164 Å². The average Bonchev–Trinajstić information content (AvgIpc) is 3.01. The van der Waals surface area contributed by atoms with E-state index in [1.165, 1.54) is 24.0 Å². The van der Waals surface area contributed by atoms with Crippen LogP contribution in [0.1, 0.15) is 50.8 Å². The molecule has 1 aliphatic heterocycles. The van der Waals surface area contributed by atoms with Crippen molar-refractivity contribution in [1.82, 2.24) is 10.2 Å². The molecule has 1 fully saturated rings. The average molecular weight is 390 g/mol. The lowest BCUT2D eigenvalue weighted by molar-refractivity contribution is -0.124. The van der Waals surface area contributed by atoms with E-state index in [9.17, 15) is 4.79 Å². The van der Waals surface area contributed by atoms with E-state index in [0.29, 0.717) is 6.54 Å². The lowest BCUT2D eigenvalue weighted by atomic mass is 9.87. The highest BCUT2D eigenvalue weighted by Crippen LogP contribution is 2.25. The summed E-state index contributed by atoms with van der Waals surface area (Å²) >= 11 is 0. The monoisotopic (exact) mass is 389 g/mol. The summed E-state index contributed by atoms with van der Waals surface area (Å²) in [6.45, 7) is 10.9. The SMILES string of the molecule is Cc1ccc(C(CNC(=O)[C@@H](N)C(C)(C)C)N2CCCC2)cc1.Cl.Cl. The molecule has 1 unspecified atom stereocenters. The van der Waals surface area contributed by atoms with Gasteiger partial charge in [-0.1, -0.05) is 50.6 Å². The van der Waals surface area contributed by atoms with Gasteiger partial charge in [0.2, 0.25) is 5.91 Å². The number of hydrogen-bond acceptors (Lipinski definition) is 3. The number of carbonyl (C=O) groups is 1. The molecule has 2 rings (SSSR count). The van der Waals surface area contributed by atoms with Gasteiger partial charge in [-0.3, -0.25) is 9.69 Å². The van der Waals surface area contributed by atoms with Crippen LogP contribution in [0.4, 0.5) is 0 Å². The fraction of sp³-hybridized carbons (Fsp3) is 0.632. The third-order valence-corrected chi connectivity index (χ3v) is 4.73. The number of nitrogens with two attached hydrogens (primary N) is 1. The van der Waals surface area contributed by atoms with Crippen LogP contribution in [0.25, 0.3) is 0 Å². The molecule has 144 valence electrons. The summed E-state index contributed by atoms with van der Waals surface area (Å²) in [6, 6.07) is 8.37. The number of aryl methyl sites for hydroxylation is 1. The number of halogens is 2. The van der Waals surface area contributed by atoms with Gasteiger partial charge in [-0.25, -0.2) is 0 Å². The first kappa shape index (κ1) is 24.2. The van der Waals surface area contributed by atoms with Gasteiger partial charge in [0.05, 0.1) is 12.1 Å². The molecule has 3 N–H and O–H groups in total. The summed E-state index contributed by atoms with van der Waals surface area (Å²) in [4.78, 5) is 14.8. The van der Waals surface area contributed by atoms with Crippen LogP contribution >= 0.6 is 24.8 Å². The molecule has 25 heavy (non-hydrogen) atoms. The number of benzene rings is 1. The molecule has 6 heteroatoms. The summed E-state index contributed by atoms with van der Waals surface area (Å²) in [5, 5.41) is 3.07. The van der Waals surface area contributed by atoms with Crippen molar-refractivity contribution in [2.24, 2.45) is 11.1 Å². The molecule has 1 aromatic rings. The largest absolute Gasteiger partial charge is 0.353 e. The van der Waals surface area contributed by atoms with Crippen molar-refractivity contribution < 1.29 is 4.79 Å². The molecule has 1 aliphatic rings. The molecule has 0 saturated carbocycles. The summed E-state index contributed by atoms with van der Waals surface area (Å²) in [5.41, 5.74) is 8.36. The number of hydrogen-bond donors (Lipinski definition) is 2. The molecule has 0 aliphatic carbocycles. The molecule has 4 nitrogen and oxygen atoms in total. The minimum atomic E-state index is -0.486. The van der Waals surface area contributed by atoms with E-state index in [1.54, 1.807) is 0 Å². The Hall–Kier alpha value is -0.810. The normalized spacial score (nSPS) is 17.2. The maximum atomic E-state index is 12.3. The van der Waals surface area contributed by atoms with Crippen molar-refractivity contribution in [2.75, 3.05) is 19.6 Å². The zero-order chi connectivity index (χ0) is 17.0. The topological polar surface area (TPSA) is 58.4 Å². The van der Waals surface area contributed by atoms with E-state index in [1.807, 2.05) is 20.8 Å². The fourth-order valence-corrected chi connectivity index (χ4v) is 3.00. The molecule has 0 aromatic heterocycles. The lowest BCUT2D eigenvalue weighted by Crippen LogP contribution is -2.50. The summed E-state index contributed by atoms with van der Waals surface area (Å²) in [7, 11) is 0. The predicted molar refractivity (Wildman–Crippen MR) is 110 cm³/mol. The van der Waals surface area contributed by atoms with E-state index >= 15 is 0 Å². The van der Waals surface area contributed by atoms with Gasteiger partial charge in [0, 0.05) is 6.54 Å². The van der Waals surface area contributed by atoms with Crippen LogP contribution in [0.5, 0.6) is 0 Å². The zero-order valence-corrected chi connectivity index (χ0v) is 17.4. The number of nitrogens with one attached hydrogen (secondary N) is 1. The smallest absolute Gasteiger partial charge is 0.237 e. The first-order chi connectivity index (χ1) is 10.8. The second kappa shape index (κ2) is 10.4. The molecule has 2 atom stereocenters. The third kappa shape index (κ3) is 6.78. The highest BCUT2D eigenvalue weighted by atomic mass is 35.5. The Balaban J connectivity index is 0.00000288. The van der Waals surface area contributed by atoms with Gasteiger partial charge < -0.3 is 11.1 Å². The minimum absolute atomic E-state index is 0. The van der Waals surface area contributed by atoms with Crippen molar-refractivity contribution >= 4 is 30.7 Å². The lowest BCUT2D eigenvalue weighted by Gasteiger charge is -2.30. The van der Waals surface area contributed by atoms with E-state index in [0.717, 1.165) is 13.1 Å². The highest BCUT2D eigenvalue weighted by molar-refractivity contribution is 5.85. The van der Waals surface area contributed by atoms with Crippen LogP contribution in [0.3, 0.4) is 0 Å². The Kier molecular flexibility index (Phi) is 10.0. The highest BCUT2D eigenvalue weighted by Gasteiger charge is 2.29. The Bertz CT molecular complexity index is 522. The predicted octanol–water partition coefficient (Wildman–Crippen LogP) is 3.47.